The fourth-order valence-electron chi connectivity index (χ4n) is 2.14. The van der Waals surface area contributed by atoms with E-state index >= 15 is 0 Å². The van der Waals surface area contributed by atoms with Crippen molar-refractivity contribution in [2.45, 2.75) is 31.5 Å². The van der Waals surface area contributed by atoms with Crippen LogP contribution in [0, 0.1) is 11.7 Å². The highest BCUT2D eigenvalue weighted by molar-refractivity contribution is 9.10. The Hall–Kier alpha value is -0.450. The summed E-state index contributed by atoms with van der Waals surface area (Å²) in [5.74, 6) is 0.164. The molecular formula is C13H16BrFO2. The summed E-state index contributed by atoms with van der Waals surface area (Å²) in [6.45, 7) is 0. The number of aliphatic hydroxyl groups excluding tert-OH is 1. The van der Waals surface area contributed by atoms with Crippen molar-refractivity contribution in [1.82, 2.24) is 0 Å². The van der Waals surface area contributed by atoms with Gasteiger partial charge in [0, 0.05) is 13.5 Å². The average Bonchev–Trinajstić information content (AvgIpc) is 3.10. The number of hydrogen-bond donors (Lipinski definition) is 1. The van der Waals surface area contributed by atoms with Gasteiger partial charge >= 0.3 is 0 Å². The topological polar surface area (TPSA) is 29.5 Å². The van der Waals surface area contributed by atoms with Gasteiger partial charge in [-0.1, -0.05) is 12.1 Å². The lowest BCUT2D eigenvalue weighted by atomic mass is 10.0. The molecule has 1 aliphatic carbocycles. The van der Waals surface area contributed by atoms with Crippen LogP contribution in [0.4, 0.5) is 4.39 Å². The van der Waals surface area contributed by atoms with Gasteiger partial charge in [-0.05, 0) is 46.3 Å². The number of rotatable bonds is 5. The molecule has 0 bridgehead atoms. The summed E-state index contributed by atoms with van der Waals surface area (Å²) in [7, 11) is 1.62. The summed E-state index contributed by atoms with van der Waals surface area (Å²) in [5, 5.41) is 10.1. The molecule has 2 nitrogen and oxygen atoms in total. The predicted molar refractivity (Wildman–Crippen MR) is 67.3 cm³/mol. The third-order valence-electron chi connectivity index (χ3n) is 3.20. The first-order valence-corrected chi connectivity index (χ1v) is 6.56. The zero-order valence-corrected chi connectivity index (χ0v) is 11.3. The molecule has 1 saturated carbocycles. The molecule has 4 heteroatoms. The van der Waals surface area contributed by atoms with E-state index < -0.39 is 6.10 Å². The number of halogens is 2. The normalized spacial score (nSPS) is 19.1. The molecule has 94 valence electrons. The van der Waals surface area contributed by atoms with Gasteiger partial charge in [0.15, 0.2) is 0 Å². The van der Waals surface area contributed by atoms with E-state index in [0.717, 1.165) is 18.4 Å². The third kappa shape index (κ3) is 3.06. The van der Waals surface area contributed by atoms with E-state index in [1.807, 2.05) is 6.07 Å². The van der Waals surface area contributed by atoms with Gasteiger partial charge < -0.3 is 9.84 Å². The van der Waals surface area contributed by atoms with Gasteiger partial charge in [-0.25, -0.2) is 4.39 Å². The summed E-state index contributed by atoms with van der Waals surface area (Å²) in [4.78, 5) is 0. The summed E-state index contributed by atoms with van der Waals surface area (Å²) in [5.41, 5.74) is 0.778. The highest BCUT2D eigenvalue weighted by Gasteiger charge is 2.36. The Morgan fingerprint density at radius 2 is 2.24 bits per heavy atom. The van der Waals surface area contributed by atoms with Crippen molar-refractivity contribution in [2.75, 3.05) is 7.11 Å². The molecule has 0 amide bonds. The van der Waals surface area contributed by atoms with Crippen molar-refractivity contribution in [3.8, 4) is 0 Å². The Labute approximate surface area is 109 Å². The molecule has 0 heterocycles. The SMILES string of the molecule is COC(C(O)Cc1cccc(F)c1Br)C1CC1. The van der Waals surface area contributed by atoms with E-state index in [0.29, 0.717) is 16.8 Å². The zero-order chi connectivity index (χ0) is 12.4. The minimum atomic E-state index is -0.578. The van der Waals surface area contributed by atoms with E-state index in [1.165, 1.54) is 6.07 Å². The lowest BCUT2D eigenvalue weighted by Gasteiger charge is -2.21. The monoisotopic (exact) mass is 302 g/mol. The molecule has 0 spiro atoms. The molecule has 1 N–H and O–H groups in total. The molecule has 1 aromatic rings. The van der Waals surface area contributed by atoms with E-state index in [-0.39, 0.29) is 11.9 Å². The average molecular weight is 303 g/mol. The summed E-state index contributed by atoms with van der Waals surface area (Å²) < 4.78 is 19.1. The van der Waals surface area contributed by atoms with Crippen LogP contribution in [0.25, 0.3) is 0 Å². The van der Waals surface area contributed by atoms with Crippen molar-refractivity contribution >= 4 is 15.9 Å². The molecular weight excluding hydrogens is 287 g/mol. The quantitative estimate of drug-likeness (QED) is 0.906. The Morgan fingerprint density at radius 3 is 2.82 bits per heavy atom. The standard InChI is InChI=1S/C13H16BrFO2/c1-17-13(8-5-6-8)11(16)7-9-3-2-4-10(15)12(9)14/h2-4,8,11,13,16H,5-7H2,1H3. The molecule has 17 heavy (non-hydrogen) atoms. The second kappa shape index (κ2) is 5.46. The second-order valence-corrected chi connectivity index (χ2v) is 5.32. The van der Waals surface area contributed by atoms with Crippen molar-refractivity contribution in [2.24, 2.45) is 5.92 Å². The lowest BCUT2D eigenvalue weighted by molar-refractivity contribution is -0.0238. The van der Waals surface area contributed by atoms with Crippen LogP contribution in [0.3, 0.4) is 0 Å². The van der Waals surface area contributed by atoms with Gasteiger partial charge in [-0.15, -0.1) is 0 Å². The highest BCUT2D eigenvalue weighted by atomic mass is 79.9. The number of aliphatic hydroxyl groups is 1. The molecule has 2 rings (SSSR count). The first-order chi connectivity index (χ1) is 8.13. The molecule has 1 fully saturated rings. The maximum atomic E-state index is 13.3. The van der Waals surface area contributed by atoms with E-state index in [4.69, 9.17) is 4.74 Å². The maximum absolute atomic E-state index is 13.3. The maximum Gasteiger partial charge on any atom is 0.137 e. The van der Waals surface area contributed by atoms with Crippen molar-refractivity contribution in [1.29, 1.82) is 0 Å². The minimum Gasteiger partial charge on any atom is -0.390 e. The van der Waals surface area contributed by atoms with E-state index in [2.05, 4.69) is 15.9 Å². The van der Waals surface area contributed by atoms with Gasteiger partial charge in [-0.3, -0.25) is 0 Å². The summed E-state index contributed by atoms with van der Waals surface area (Å²) >= 11 is 3.21. The van der Waals surface area contributed by atoms with Gasteiger partial charge in [0.1, 0.15) is 5.82 Å². The molecule has 0 aliphatic heterocycles. The first-order valence-electron chi connectivity index (χ1n) is 5.77. The molecule has 0 radical (unpaired) electrons. The molecule has 1 aromatic carbocycles. The van der Waals surface area contributed by atoms with Crippen LogP contribution in [0.5, 0.6) is 0 Å². The number of ether oxygens (including phenoxy) is 1. The Bertz CT molecular complexity index is 393. The molecule has 0 saturated heterocycles. The Balaban J connectivity index is 2.06. The molecule has 2 unspecified atom stereocenters. The summed E-state index contributed by atoms with van der Waals surface area (Å²) in [6.07, 6.45) is 1.92. The minimum absolute atomic E-state index is 0.134. The fourth-order valence-corrected chi connectivity index (χ4v) is 2.56. The van der Waals surface area contributed by atoms with E-state index in [1.54, 1.807) is 13.2 Å². The van der Waals surface area contributed by atoms with Crippen LogP contribution >= 0.6 is 15.9 Å². The highest BCUT2D eigenvalue weighted by Crippen LogP contribution is 2.36. The van der Waals surface area contributed by atoms with Crippen LogP contribution in [-0.4, -0.2) is 24.4 Å². The number of methoxy groups -OCH3 is 1. The van der Waals surface area contributed by atoms with Gasteiger partial charge in [0.2, 0.25) is 0 Å². The molecule has 2 atom stereocenters. The van der Waals surface area contributed by atoms with Crippen molar-refractivity contribution in [3.05, 3.63) is 34.1 Å². The largest absolute Gasteiger partial charge is 0.390 e. The molecule has 1 aliphatic rings. The Morgan fingerprint density at radius 1 is 1.53 bits per heavy atom. The van der Waals surface area contributed by atoms with Crippen LogP contribution < -0.4 is 0 Å². The summed E-state index contributed by atoms with van der Waals surface area (Å²) in [6, 6.07) is 4.87. The van der Waals surface area contributed by atoms with Crippen molar-refractivity contribution < 1.29 is 14.2 Å². The van der Waals surface area contributed by atoms with Crippen LogP contribution in [0.2, 0.25) is 0 Å². The smallest absolute Gasteiger partial charge is 0.137 e. The first kappa shape index (κ1) is 13.0. The Kier molecular flexibility index (Phi) is 4.17. The van der Waals surface area contributed by atoms with E-state index in [9.17, 15) is 9.50 Å². The van der Waals surface area contributed by atoms with Crippen molar-refractivity contribution in [3.63, 3.8) is 0 Å². The van der Waals surface area contributed by atoms with Crippen LogP contribution in [0.15, 0.2) is 22.7 Å². The molecule has 0 aromatic heterocycles. The van der Waals surface area contributed by atoms with Gasteiger partial charge in [0.25, 0.3) is 0 Å². The lowest BCUT2D eigenvalue weighted by Crippen LogP contribution is -2.32. The number of hydrogen-bond acceptors (Lipinski definition) is 2. The second-order valence-electron chi connectivity index (χ2n) is 4.52. The predicted octanol–water partition coefficient (Wildman–Crippen LogP) is 2.92. The van der Waals surface area contributed by atoms with Crippen LogP contribution in [0.1, 0.15) is 18.4 Å². The van der Waals surface area contributed by atoms with Crippen LogP contribution in [-0.2, 0) is 11.2 Å². The zero-order valence-electron chi connectivity index (χ0n) is 9.70. The van der Waals surface area contributed by atoms with Gasteiger partial charge in [0.05, 0.1) is 16.7 Å². The third-order valence-corrected chi connectivity index (χ3v) is 4.09. The fraction of sp³-hybridized carbons (Fsp3) is 0.538. The van der Waals surface area contributed by atoms with Gasteiger partial charge in [-0.2, -0.15) is 0 Å². The number of benzene rings is 1.